The molecule has 0 spiro atoms. The lowest BCUT2D eigenvalue weighted by molar-refractivity contribution is 0.00640. The van der Waals surface area contributed by atoms with Crippen LogP contribution in [0.15, 0.2) is 0 Å². The molecule has 2 atom stereocenters. The highest BCUT2D eigenvalue weighted by atomic mass is 28.3. The smallest absolute Gasteiger partial charge is 0.146 e. The molecule has 0 aliphatic heterocycles. The molecule has 0 radical (unpaired) electrons. The van der Waals surface area contributed by atoms with Crippen molar-refractivity contribution in [3.63, 3.8) is 0 Å². The summed E-state index contributed by atoms with van der Waals surface area (Å²) in [5, 5.41) is 35.2. The summed E-state index contributed by atoms with van der Waals surface area (Å²) >= 11 is 0. The molecule has 0 aromatic rings. The summed E-state index contributed by atoms with van der Waals surface area (Å²) in [5.41, 5.74) is 0. The van der Waals surface area contributed by atoms with E-state index in [9.17, 15) is 0 Å². The number of aliphatic hydroxyl groups excluding tert-OH is 4. The van der Waals surface area contributed by atoms with E-state index in [4.69, 9.17) is 34.0 Å². The zero-order valence-electron chi connectivity index (χ0n) is 12.7. The Morgan fingerprint density at radius 3 is 1.57 bits per heavy atom. The van der Waals surface area contributed by atoms with Crippen molar-refractivity contribution in [3.05, 3.63) is 0 Å². The molecule has 9 heteroatoms. The number of rotatable bonds is 16. The first-order valence-corrected chi connectivity index (χ1v) is 10.7. The topological polar surface area (TPSA) is 109 Å². The Balaban J connectivity index is 3.03. The summed E-state index contributed by atoms with van der Waals surface area (Å²) in [6.07, 6.45) is 0.347. The molecule has 0 heterocycles. The van der Waals surface area contributed by atoms with Crippen LogP contribution in [0.1, 0.15) is 12.8 Å². The molecule has 7 nitrogen and oxygen atoms in total. The van der Waals surface area contributed by atoms with Crippen molar-refractivity contribution >= 4 is 19.5 Å². The van der Waals surface area contributed by atoms with Gasteiger partial charge in [-0.05, 0) is 24.9 Å². The molecule has 0 saturated heterocycles. The molecule has 0 aromatic carbocycles. The Kier molecular flexibility index (Phi) is 16.6. The van der Waals surface area contributed by atoms with Crippen molar-refractivity contribution in [1.82, 2.24) is 0 Å². The van der Waals surface area contributed by atoms with Crippen LogP contribution in [0.25, 0.3) is 0 Å². The van der Waals surface area contributed by atoms with Crippen molar-refractivity contribution in [1.29, 1.82) is 0 Å². The van der Waals surface area contributed by atoms with Gasteiger partial charge in [0, 0.05) is 13.2 Å². The minimum Gasteiger partial charge on any atom is -0.465 e. The monoisotopic (exact) mass is 342 g/mol. The largest absolute Gasteiger partial charge is 0.465 e. The maximum absolute atomic E-state index is 9.04. The molecule has 128 valence electrons. The van der Waals surface area contributed by atoms with Crippen LogP contribution >= 0.6 is 0 Å². The van der Waals surface area contributed by atoms with E-state index in [0.717, 1.165) is 24.9 Å². The van der Waals surface area contributed by atoms with Gasteiger partial charge in [-0.1, -0.05) is 0 Å². The predicted molar refractivity (Wildman–Crippen MR) is 84.8 cm³/mol. The minimum absolute atomic E-state index is 0.193. The molecule has 0 aliphatic carbocycles. The fourth-order valence-corrected chi connectivity index (χ4v) is 4.73. The molecule has 2 unspecified atom stereocenters. The van der Waals surface area contributed by atoms with Gasteiger partial charge in [-0.25, -0.2) is 0 Å². The van der Waals surface area contributed by atoms with E-state index in [1.807, 2.05) is 0 Å². The fraction of sp³-hybridized carbons (Fsp3) is 1.00. The Morgan fingerprint density at radius 2 is 1.19 bits per heavy atom. The van der Waals surface area contributed by atoms with Crippen molar-refractivity contribution in [2.45, 2.75) is 37.1 Å². The third-order valence-electron chi connectivity index (χ3n) is 2.70. The van der Waals surface area contributed by atoms with Gasteiger partial charge >= 0.3 is 0 Å². The van der Waals surface area contributed by atoms with Gasteiger partial charge in [0.15, 0.2) is 0 Å². The van der Waals surface area contributed by atoms with E-state index in [0.29, 0.717) is 13.2 Å². The summed E-state index contributed by atoms with van der Waals surface area (Å²) in [4.78, 5) is 0. The standard InChI is InChI=1S/C12H30O7Si2/c13-7-11(15)9-17-3-1-5-20-19-21-6-2-4-18-10-12(16)8-14/h11-16H,1-10,20-21H2. The van der Waals surface area contributed by atoms with E-state index in [2.05, 4.69) is 0 Å². The van der Waals surface area contributed by atoms with E-state index in [-0.39, 0.29) is 26.4 Å². The third kappa shape index (κ3) is 16.4. The molecule has 0 aliphatic rings. The predicted octanol–water partition coefficient (Wildman–Crippen LogP) is -2.47. The van der Waals surface area contributed by atoms with Gasteiger partial charge in [-0.2, -0.15) is 0 Å². The number of ether oxygens (including phenoxy) is 2. The van der Waals surface area contributed by atoms with Gasteiger partial charge < -0.3 is 34.0 Å². The molecule has 0 amide bonds. The molecular weight excluding hydrogens is 312 g/mol. The van der Waals surface area contributed by atoms with E-state index in [1.165, 1.54) is 0 Å². The molecule has 0 saturated carbocycles. The first-order valence-electron chi connectivity index (χ1n) is 7.51. The lowest BCUT2D eigenvalue weighted by atomic mass is 10.4. The Morgan fingerprint density at radius 1 is 0.762 bits per heavy atom. The zero-order chi connectivity index (χ0) is 15.8. The van der Waals surface area contributed by atoms with Crippen LogP contribution < -0.4 is 0 Å². The summed E-state index contributed by atoms with van der Waals surface area (Å²) in [6, 6.07) is 2.14. The van der Waals surface area contributed by atoms with E-state index < -0.39 is 31.7 Å². The van der Waals surface area contributed by atoms with Crippen molar-refractivity contribution in [2.75, 3.05) is 39.6 Å². The van der Waals surface area contributed by atoms with Crippen molar-refractivity contribution in [2.24, 2.45) is 0 Å². The Hall–Kier alpha value is 0.154. The third-order valence-corrected chi connectivity index (χ3v) is 6.58. The number of aliphatic hydroxyl groups is 4. The first-order chi connectivity index (χ1) is 10.2. The van der Waals surface area contributed by atoms with Gasteiger partial charge in [0.1, 0.15) is 31.7 Å². The first kappa shape index (κ1) is 21.2. The minimum atomic E-state index is -0.772. The van der Waals surface area contributed by atoms with E-state index in [1.54, 1.807) is 0 Å². The maximum Gasteiger partial charge on any atom is 0.146 e. The van der Waals surface area contributed by atoms with Crippen molar-refractivity contribution < 1.29 is 34.0 Å². The van der Waals surface area contributed by atoms with Crippen LogP contribution in [0.4, 0.5) is 0 Å². The molecule has 0 fully saturated rings. The van der Waals surface area contributed by atoms with Crippen LogP contribution in [0.2, 0.25) is 12.1 Å². The lowest BCUT2D eigenvalue weighted by Gasteiger charge is -2.09. The fourth-order valence-electron chi connectivity index (χ4n) is 1.46. The van der Waals surface area contributed by atoms with Crippen LogP contribution in [-0.4, -0.2) is 91.8 Å². The highest BCUT2D eigenvalue weighted by molar-refractivity contribution is 6.42. The zero-order valence-corrected chi connectivity index (χ0v) is 15.5. The van der Waals surface area contributed by atoms with Crippen LogP contribution in [0, 0.1) is 0 Å². The van der Waals surface area contributed by atoms with Gasteiger partial charge in [0.25, 0.3) is 0 Å². The van der Waals surface area contributed by atoms with Crippen LogP contribution in [0.5, 0.6) is 0 Å². The molecule has 4 N–H and O–H groups in total. The second kappa shape index (κ2) is 16.5. The van der Waals surface area contributed by atoms with Crippen molar-refractivity contribution in [3.8, 4) is 0 Å². The summed E-state index contributed by atoms with van der Waals surface area (Å²) in [6.45, 7) is 1.08. The normalized spacial score (nSPS) is 15.4. The second-order valence-electron chi connectivity index (χ2n) is 4.85. The second-order valence-corrected chi connectivity index (χ2v) is 8.71. The van der Waals surface area contributed by atoms with Gasteiger partial charge in [-0.3, -0.25) is 0 Å². The molecular formula is C12H30O7Si2. The average Bonchev–Trinajstić information content (AvgIpc) is 2.51. The highest BCUT2D eigenvalue weighted by Gasteiger charge is 2.02. The molecule has 0 rings (SSSR count). The molecule has 21 heavy (non-hydrogen) atoms. The average molecular weight is 343 g/mol. The van der Waals surface area contributed by atoms with Gasteiger partial charge in [-0.15, -0.1) is 0 Å². The van der Waals surface area contributed by atoms with Gasteiger partial charge in [0.2, 0.25) is 0 Å². The highest BCUT2D eigenvalue weighted by Crippen LogP contribution is 1.95. The number of hydrogen-bond donors (Lipinski definition) is 4. The Labute approximate surface area is 131 Å². The van der Waals surface area contributed by atoms with Gasteiger partial charge in [0.05, 0.1) is 26.4 Å². The SMILES string of the molecule is OCC(O)COCCC[SiH2]O[SiH2]CCCOCC(O)CO. The summed E-state index contributed by atoms with van der Waals surface area (Å²) < 4.78 is 16.1. The summed E-state index contributed by atoms with van der Waals surface area (Å²) in [5.74, 6) is 0. The number of hydrogen-bond acceptors (Lipinski definition) is 7. The quantitative estimate of drug-likeness (QED) is 0.182. The lowest BCUT2D eigenvalue weighted by Crippen LogP contribution is -2.20. The summed E-state index contributed by atoms with van der Waals surface area (Å²) in [7, 11) is -0.883. The molecule has 0 aromatic heterocycles. The maximum atomic E-state index is 9.04. The van der Waals surface area contributed by atoms with Crippen LogP contribution in [-0.2, 0) is 13.6 Å². The van der Waals surface area contributed by atoms with E-state index >= 15 is 0 Å². The van der Waals surface area contributed by atoms with Crippen LogP contribution in [0.3, 0.4) is 0 Å². The Bertz CT molecular complexity index is 192. The molecule has 0 bridgehead atoms.